The summed E-state index contributed by atoms with van der Waals surface area (Å²) in [6.45, 7) is 1.63. The summed E-state index contributed by atoms with van der Waals surface area (Å²) >= 11 is 2.65. The van der Waals surface area contributed by atoms with Gasteiger partial charge >= 0.3 is 6.03 Å². The minimum absolute atomic E-state index is 0.164. The summed E-state index contributed by atoms with van der Waals surface area (Å²) in [5, 5.41) is 2.41. The molecular formula is C21H22N4O4S2. The molecule has 0 bridgehead atoms. The van der Waals surface area contributed by atoms with E-state index in [0.717, 1.165) is 43.0 Å². The van der Waals surface area contributed by atoms with E-state index < -0.39 is 17.2 Å². The first-order chi connectivity index (χ1) is 14.9. The first kappa shape index (κ1) is 21.4. The highest BCUT2D eigenvalue weighted by molar-refractivity contribution is 8.00. The number of fused-ring (bicyclic) bond motifs is 3. The van der Waals surface area contributed by atoms with Gasteiger partial charge in [-0.1, -0.05) is 17.8 Å². The second kappa shape index (κ2) is 8.72. The molecule has 0 saturated carbocycles. The van der Waals surface area contributed by atoms with Gasteiger partial charge in [-0.05, 0) is 50.3 Å². The van der Waals surface area contributed by atoms with Crippen molar-refractivity contribution in [3.8, 4) is 11.4 Å². The number of carbonyl (C=O) groups excluding carboxylic acids is 2. The maximum atomic E-state index is 13.7. The van der Waals surface area contributed by atoms with Gasteiger partial charge in [-0.2, -0.15) is 0 Å². The molecule has 3 N–H and O–H groups in total. The van der Waals surface area contributed by atoms with Crippen molar-refractivity contribution in [2.75, 3.05) is 7.11 Å². The Morgan fingerprint density at radius 2 is 2.10 bits per heavy atom. The van der Waals surface area contributed by atoms with Crippen LogP contribution in [0.2, 0.25) is 0 Å². The number of hydrogen-bond acceptors (Lipinski definition) is 7. The normalized spacial score (nSPS) is 14.1. The summed E-state index contributed by atoms with van der Waals surface area (Å²) in [6.07, 6.45) is 3.98. The monoisotopic (exact) mass is 458 g/mol. The van der Waals surface area contributed by atoms with Crippen LogP contribution >= 0.6 is 23.1 Å². The number of benzene rings is 1. The highest BCUT2D eigenvalue weighted by Crippen LogP contribution is 2.36. The third kappa shape index (κ3) is 4.17. The Hall–Kier alpha value is -2.85. The van der Waals surface area contributed by atoms with E-state index in [-0.39, 0.29) is 5.56 Å². The van der Waals surface area contributed by atoms with Gasteiger partial charge in [0.15, 0.2) is 5.16 Å². The van der Waals surface area contributed by atoms with E-state index in [1.807, 2.05) is 0 Å². The molecule has 0 saturated heterocycles. The Kier molecular flexibility index (Phi) is 6.01. The predicted molar refractivity (Wildman–Crippen MR) is 121 cm³/mol. The molecule has 2 heterocycles. The molecule has 1 atom stereocenters. The van der Waals surface area contributed by atoms with Crippen LogP contribution in [0, 0.1) is 0 Å². The highest BCUT2D eigenvalue weighted by Gasteiger charge is 2.25. The number of aryl methyl sites for hydroxylation is 2. The zero-order valence-corrected chi connectivity index (χ0v) is 18.8. The Morgan fingerprint density at radius 1 is 1.32 bits per heavy atom. The van der Waals surface area contributed by atoms with Crippen molar-refractivity contribution in [2.45, 2.75) is 43.0 Å². The number of nitrogens with one attached hydrogen (secondary N) is 1. The summed E-state index contributed by atoms with van der Waals surface area (Å²) in [7, 11) is 1.56. The molecule has 3 amide bonds. The summed E-state index contributed by atoms with van der Waals surface area (Å²) in [5.41, 5.74) is 6.60. The number of hydrogen-bond donors (Lipinski definition) is 2. The molecule has 4 rings (SSSR count). The zero-order chi connectivity index (χ0) is 22.1. The van der Waals surface area contributed by atoms with Crippen molar-refractivity contribution >= 4 is 45.3 Å². The van der Waals surface area contributed by atoms with Crippen LogP contribution in [0.25, 0.3) is 15.9 Å². The lowest BCUT2D eigenvalue weighted by Crippen LogP contribution is -2.39. The maximum Gasteiger partial charge on any atom is 0.318 e. The quantitative estimate of drug-likeness (QED) is 0.448. The molecule has 1 aliphatic rings. The van der Waals surface area contributed by atoms with Gasteiger partial charge in [-0.15, -0.1) is 11.3 Å². The fourth-order valence-electron chi connectivity index (χ4n) is 3.68. The minimum atomic E-state index is -0.919. The van der Waals surface area contributed by atoms with Crippen molar-refractivity contribution in [3.05, 3.63) is 45.1 Å². The van der Waals surface area contributed by atoms with Gasteiger partial charge in [0, 0.05) is 10.9 Å². The number of nitrogens with two attached hydrogens (primary N) is 1. The molecule has 0 radical (unpaired) electrons. The first-order valence-corrected chi connectivity index (χ1v) is 11.6. The molecule has 3 aromatic rings. The number of imide groups is 1. The number of rotatable bonds is 5. The molecule has 1 aliphatic carbocycles. The van der Waals surface area contributed by atoms with E-state index in [2.05, 4.69) is 5.32 Å². The van der Waals surface area contributed by atoms with Crippen molar-refractivity contribution in [2.24, 2.45) is 5.73 Å². The maximum absolute atomic E-state index is 13.7. The Balaban J connectivity index is 1.89. The van der Waals surface area contributed by atoms with Gasteiger partial charge < -0.3 is 10.5 Å². The highest BCUT2D eigenvalue weighted by atomic mass is 32.2. The first-order valence-electron chi connectivity index (χ1n) is 9.87. The third-order valence-corrected chi connectivity index (χ3v) is 7.41. The lowest BCUT2D eigenvalue weighted by atomic mass is 9.97. The van der Waals surface area contributed by atoms with Gasteiger partial charge in [0.1, 0.15) is 10.6 Å². The number of carbonyl (C=O) groups is 2. The van der Waals surface area contributed by atoms with Crippen LogP contribution in [-0.4, -0.2) is 33.8 Å². The lowest BCUT2D eigenvalue weighted by molar-refractivity contribution is -0.119. The van der Waals surface area contributed by atoms with Crippen LogP contribution in [0.4, 0.5) is 4.79 Å². The van der Waals surface area contributed by atoms with E-state index in [4.69, 9.17) is 15.5 Å². The SMILES string of the molecule is COc1cccc(-n2c(SC(C)C(=O)NC(N)=O)nc3sc4c(c3c2=O)CCCC4)c1. The average Bonchev–Trinajstić information content (AvgIpc) is 3.12. The molecular weight excluding hydrogens is 436 g/mol. The van der Waals surface area contributed by atoms with E-state index in [1.54, 1.807) is 49.6 Å². The number of aromatic nitrogens is 2. The fraction of sp³-hybridized carbons (Fsp3) is 0.333. The molecule has 0 aliphatic heterocycles. The molecule has 1 aromatic carbocycles. The molecule has 0 fully saturated rings. The fourth-order valence-corrected chi connectivity index (χ4v) is 5.91. The van der Waals surface area contributed by atoms with E-state index >= 15 is 0 Å². The van der Waals surface area contributed by atoms with Gasteiger partial charge in [0.05, 0.1) is 23.4 Å². The van der Waals surface area contributed by atoms with Crippen LogP contribution in [0.5, 0.6) is 5.75 Å². The number of primary amides is 1. The smallest absolute Gasteiger partial charge is 0.318 e. The summed E-state index contributed by atoms with van der Waals surface area (Å²) < 4.78 is 6.85. The second-order valence-corrected chi connectivity index (χ2v) is 9.63. The summed E-state index contributed by atoms with van der Waals surface area (Å²) in [4.78, 5) is 43.7. The number of amides is 3. The predicted octanol–water partition coefficient (Wildman–Crippen LogP) is 3.01. The van der Waals surface area contributed by atoms with Crippen molar-refractivity contribution in [1.29, 1.82) is 0 Å². The Labute approximate surface area is 186 Å². The zero-order valence-electron chi connectivity index (χ0n) is 17.1. The molecule has 2 aromatic heterocycles. The number of ether oxygens (including phenoxy) is 1. The van der Waals surface area contributed by atoms with Gasteiger partial charge in [-0.3, -0.25) is 19.5 Å². The largest absolute Gasteiger partial charge is 0.497 e. The van der Waals surface area contributed by atoms with Crippen LogP contribution in [-0.2, 0) is 17.6 Å². The van der Waals surface area contributed by atoms with Crippen LogP contribution in [0.15, 0.2) is 34.2 Å². The second-order valence-electron chi connectivity index (χ2n) is 7.24. The summed E-state index contributed by atoms with van der Waals surface area (Å²) in [5.74, 6) is 0.0572. The van der Waals surface area contributed by atoms with Crippen LogP contribution in [0.1, 0.15) is 30.2 Å². The number of urea groups is 1. The molecule has 162 valence electrons. The third-order valence-electron chi connectivity index (χ3n) is 5.17. The molecule has 31 heavy (non-hydrogen) atoms. The topological polar surface area (TPSA) is 116 Å². The Morgan fingerprint density at radius 3 is 2.84 bits per heavy atom. The lowest BCUT2D eigenvalue weighted by Gasteiger charge is -2.16. The van der Waals surface area contributed by atoms with Gasteiger partial charge in [0.2, 0.25) is 5.91 Å². The van der Waals surface area contributed by atoms with Crippen LogP contribution in [0.3, 0.4) is 0 Å². The molecule has 1 unspecified atom stereocenters. The minimum Gasteiger partial charge on any atom is -0.497 e. The molecule has 0 spiro atoms. The number of methoxy groups -OCH3 is 1. The molecule has 10 heteroatoms. The number of thioether (sulfide) groups is 1. The van der Waals surface area contributed by atoms with Crippen LogP contribution < -0.4 is 21.3 Å². The number of thiophene rings is 1. The Bertz CT molecular complexity index is 1230. The van der Waals surface area contributed by atoms with Crippen molar-refractivity contribution in [3.63, 3.8) is 0 Å². The van der Waals surface area contributed by atoms with Gasteiger partial charge in [0.25, 0.3) is 5.56 Å². The van der Waals surface area contributed by atoms with Crippen molar-refractivity contribution < 1.29 is 14.3 Å². The van der Waals surface area contributed by atoms with E-state index in [1.165, 1.54) is 9.44 Å². The van der Waals surface area contributed by atoms with E-state index in [0.29, 0.717) is 26.8 Å². The summed E-state index contributed by atoms with van der Waals surface area (Å²) in [6, 6.07) is 6.23. The van der Waals surface area contributed by atoms with Crippen molar-refractivity contribution in [1.82, 2.24) is 14.9 Å². The molecule has 8 nitrogen and oxygen atoms in total. The average molecular weight is 459 g/mol. The number of nitrogens with zero attached hydrogens (tertiary/aromatic N) is 2. The standard InChI is InChI=1S/C21H22N4O4S2/c1-11(17(26)23-20(22)28)30-21-24-18-16(14-8-3-4-9-15(14)31-18)19(27)25(21)12-6-5-7-13(10-12)29-2/h5-7,10-11H,3-4,8-9H2,1-2H3,(H3,22,23,26,28). The van der Waals surface area contributed by atoms with Gasteiger partial charge in [-0.25, -0.2) is 9.78 Å². The van der Waals surface area contributed by atoms with E-state index in [9.17, 15) is 14.4 Å².